The average Bonchev–Trinajstić information content (AvgIpc) is 2.61. The standard InChI is InChI=1S/C18H13NO5/c1-23-16-8-4-13(5-9-16)18-11-15(20)10-17(24-18)12-2-6-14(7-3-12)19(21)22/h2-11H,1H3. The molecule has 0 fully saturated rings. The molecule has 0 atom stereocenters. The molecule has 6 nitrogen and oxygen atoms in total. The van der Waals surface area contributed by atoms with Gasteiger partial charge in [0.2, 0.25) is 0 Å². The van der Waals surface area contributed by atoms with Crippen LogP contribution in [0.15, 0.2) is 69.9 Å². The summed E-state index contributed by atoms with van der Waals surface area (Å²) in [4.78, 5) is 22.2. The lowest BCUT2D eigenvalue weighted by Gasteiger charge is -2.06. The van der Waals surface area contributed by atoms with Crippen molar-refractivity contribution in [3.8, 4) is 28.4 Å². The van der Waals surface area contributed by atoms with Crippen LogP contribution in [0.1, 0.15) is 0 Å². The summed E-state index contributed by atoms with van der Waals surface area (Å²) in [6.45, 7) is 0. The Bertz CT molecular complexity index is 927. The van der Waals surface area contributed by atoms with Crippen molar-refractivity contribution in [2.75, 3.05) is 7.11 Å². The Hall–Kier alpha value is -3.41. The number of ether oxygens (including phenoxy) is 1. The number of hydrogen-bond acceptors (Lipinski definition) is 5. The Morgan fingerprint density at radius 1 is 0.917 bits per heavy atom. The van der Waals surface area contributed by atoms with Gasteiger partial charge in [-0.1, -0.05) is 0 Å². The highest BCUT2D eigenvalue weighted by molar-refractivity contribution is 5.64. The zero-order valence-electron chi connectivity index (χ0n) is 12.8. The highest BCUT2D eigenvalue weighted by Crippen LogP contribution is 2.27. The van der Waals surface area contributed by atoms with Crippen LogP contribution < -0.4 is 10.2 Å². The Morgan fingerprint density at radius 3 is 1.88 bits per heavy atom. The molecule has 0 saturated heterocycles. The molecule has 0 amide bonds. The van der Waals surface area contributed by atoms with Gasteiger partial charge in [-0.25, -0.2) is 0 Å². The first-order valence-corrected chi connectivity index (χ1v) is 7.11. The number of nitro benzene ring substituents is 1. The van der Waals surface area contributed by atoms with E-state index in [4.69, 9.17) is 9.15 Å². The molecule has 2 aromatic carbocycles. The van der Waals surface area contributed by atoms with Gasteiger partial charge in [-0.05, 0) is 36.4 Å². The summed E-state index contributed by atoms with van der Waals surface area (Å²) in [5.41, 5.74) is 1.09. The van der Waals surface area contributed by atoms with Gasteiger partial charge in [-0.3, -0.25) is 14.9 Å². The molecule has 0 saturated carbocycles. The van der Waals surface area contributed by atoms with E-state index in [-0.39, 0.29) is 11.1 Å². The zero-order valence-corrected chi connectivity index (χ0v) is 12.8. The summed E-state index contributed by atoms with van der Waals surface area (Å²) in [7, 11) is 1.57. The predicted octanol–water partition coefficient (Wildman–Crippen LogP) is 3.89. The SMILES string of the molecule is COc1ccc(-c2cc(=O)cc(-c3ccc([N+](=O)[O-])cc3)o2)cc1. The van der Waals surface area contributed by atoms with Gasteiger partial charge in [0.1, 0.15) is 17.3 Å². The van der Waals surface area contributed by atoms with Crippen LogP contribution >= 0.6 is 0 Å². The van der Waals surface area contributed by atoms with Crippen molar-refractivity contribution >= 4 is 5.69 Å². The van der Waals surface area contributed by atoms with Crippen LogP contribution in [0.4, 0.5) is 5.69 Å². The fraction of sp³-hybridized carbons (Fsp3) is 0.0556. The average molecular weight is 323 g/mol. The smallest absolute Gasteiger partial charge is 0.269 e. The minimum Gasteiger partial charge on any atom is -0.497 e. The quantitative estimate of drug-likeness (QED) is 0.537. The van der Waals surface area contributed by atoms with E-state index in [0.717, 1.165) is 5.56 Å². The number of hydrogen-bond donors (Lipinski definition) is 0. The fourth-order valence-corrected chi connectivity index (χ4v) is 2.26. The van der Waals surface area contributed by atoms with E-state index in [2.05, 4.69) is 0 Å². The third-order valence-corrected chi connectivity index (χ3v) is 3.50. The van der Waals surface area contributed by atoms with Crippen LogP contribution in [0.5, 0.6) is 5.75 Å². The molecule has 0 aliphatic rings. The number of nitro groups is 1. The first-order valence-electron chi connectivity index (χ1n) is 7.11. The van der Waals surface area contributed by atoms with E-state index >= 15 is 0 Å². The van der Waals surface area contributed by atoms with Crippen molar-refractivity contribution in [1.82, 2.24) is 0 Å². The maximum atomic E-state index is 12.0. The lowest BCUT2D eigenvalue weighted by molar-refractivity contribution is -0.384. The van der Waals surface area contributed by atoms with Crippen molar-refractivity contribution in [2.45, 2.75) is 0 Å². The maximum absolute atomic E-state index is 12.0. The van der Waals surface area contributed by atoms with Crippen molar-refractivity contribution in [3.63, 3.8) is 0 Å². The molecule has 0 N–H and O–H groups in total. The van der Waals surface area contributed by atoms with Gasteiger partial charge in [0, 0.05) is 35.4 Å². The van der Waals surface area contributed by atoms with E-state index in [1.165, 1.54) is 24.3 Å². The van der Waals surface area contributed by atoms with Crippen LogP contribution in [0.3, 0.4) is 0 Å². The van der Waals surface area contributed by atoms with E-state index in [1.807, 2.05) is 0 Å². The lowest BCUT2D eigenvalue weighted by Crippen LogP contribution is -1.98. The normalized spacial score (nSPS) is 10.4. The van der Waals surface area contributed by atoms with E-state index in [1.54, 1.807) is 43.5 Å². The van der Waals surface area contributed by atoms with Crippen LogP contribution in [-0.4, -0.2) is 12.0 Å². The van der Waals surface area contributed by atoms with Gasteiger partial charge in [0.05, 0.1) is 12.0 Å². The lowest BCUT2D eigenvalue weighted by atomic mass is 10.1. The molecular formula is C18H13NO5. The molecule has 3 rings (SSSR count). The number of non-ortho nitro benzene ring substituents is 1. The van der Waals surface area contributed by atoms with Gasteiger partial charge in [-0.2, -0.15) is 0 Å². The van der Waals surface area contributed by atoms with Crippen LogP contribution in [0, 0.1) is 10.1 Å². The van der Waals surface area contributed by atoms with Crippen molar-refractivity contribution in [3.05, 3.63) is 81.0 Å². The van der Waals surface area contributed by atoms with Gasteiger partial charge in [0.15, 0.2) is 5.43 Å². The summed E-state index contributed by atoms with van der Waals surface area (Å²) in [6.07, 6.45) is 0. The molecule has 0 aliphatic carbocycles. The highest BCUT2D eigenvalue weighted by Gasteiger charge is 2.10. The molecule has 1 heterocycles. The van der Waals surface area contributed by atoms with E-state index < -0.39 is 4.92 Å². The van der Waals surface area contributed by atoms with E-state index in [0.29, 0.717) is 22.8 Å². The van der Waals surface area contributed by atoms with Crippen molar-refractivity contribution in [2.24, 2.45) is 0 Å². The maximum Gasteiger partial charge on any atom is 0.269 e. The molecule has 0 aliphatic heterocycles. The monoisotopic (exact) mass is 323 g/mol. The van der Waals surface area contributed by atoms with E-state index in [9.17, 15) is 14.9 Å². The fourth-order valence-electron chi connectivity index (χ4n) is 2.26. The van der Waals surface area contributed by atoms with Gasteiger partial charge >= 0.3 is 0 Å². The second-order valence-electron chi connectivity index (χ2n) is 5.05. The second-order valence-corrected chi connectivity index (χ2v) is 5.05. The molecule has 120 valence electrons. The van der Waals surface area contributed by atoms with Crippen molar-refractivity contribution in [1.29, 1.82) is 0 Å². The Morgan fingerprint density at radius 2 is 1.42 bits per heavy atom. The van der Waals surface area contributed by atoms with Crippen molar-refractivity contribution < 1.29 is 14.1 Å². The third-order valence-electron chi connectivity index (χ3n) is 3.50. The number of benzene rings is 2. The van der Waals surface area contributed by atoms with Gasteiger partial charge in [-0.15, -0.1) is 0 Å². The highest BCUT2D eigenvalue weighted by atomic mass is 16.6. The van der Waals surface area contributed by atoms with Crippen LogP contribution in [0.2, 0.25) is 0 Å². The molecule has 0 bridgehead atoms. The zero-order chi connectivity index (χ0) is 17.1. The largest absolute Gasteiger partial charge is 0.497 e. The first kappa shape index (κ1) is 15.5. The summed E-state index contributed by atoms with van der Waals surface area (Å²) < 4.78 is 10.9. The first-order chi connectivity index (χ1) is 11.6. The Balaban J connectivity index is 2.02. The molecule has 3 aromatic rings. The summed E-state index contributed by atoms with van der Waals surface area (Å²) in [6, 6.07) is 15.7. The number of rotatable bonds is 4. The molecular weight excluding hydrogens is 310 g/mol. The minimum atomic E-state index is -0.478. The third kappa shape index (κ3) is 3.17. The molecule has 1 aromatic heterocycles. The predicted molar refractivity (Wildman–Crippen MR) is 89.1 cm³/mol. The minimum absolute atomic E-state index is 0.0209. The molecule has 24 heavy (non-hydrogen) atoms. The molecule has 0 spiro atoms. The second kappa shape index (κ2) is 6.37. The van der Waals surface area contributed by atoms with Gasteiger partial charge < -0.3 is 9.15 Å². The summed E-state index contributed by atoms with van der Waals surface area (Å²) in [5.74, 6) is 1.47. The van der Waals surface area contributed by atoms with Crippen LogP contribution in [-0.2, 0) is 0 Å². The summed E-state index contributed by atoms with van der Waals surface area (Å²) in [5, 5.41) is 10.7. The Kier molecular flexibility index (Phi) is 4.11. The molecule has 6 heteroatoms. The number of nitrogens with zero attached hydrogens (tertiary/aromatic N) is 1. The van der Waals surface area contributed by atoms with Gasteiger partial charge in [0.25, 0.3) is 5.69 Å². The molecule has 0 unspecified atom stereocenters. The Labute approximate surface area is 137 Å². The number of methoxy groups -OCH3 is 1. The van der Waals surface area contributed by atoms with Crippen LogP contribution in [0.25, 0.3) is 22.6 Å². The molecule has 0 radical (unpaired) electrons. The topological polar surface area (TPSA) is 82.6 Å². The summed E-state index contributed by atoms with van der Waals surface area (Å²) >= 11 is 0.